The Bertz CT molecular complexity index is 455. The van der Waals surface area contributed by atoms with E-state index in [-0.39, 0.29) is 5.91 Å². The molecule has 1 unspecified atom stereocenters. The summed E-state index contributed by atoms with van der Waals surface area (Å²) in [6.07, 6.45) is 2.72. The first-order chi connectivity index (χ1) is 9.24. The summed E-state index contributed by atoms with van der Waals surface area (Å²) in [5.41, 5.74) is 0.589. The van der Waals surface area contributed by atoms with E-state index < -0.39 is 0 Å². The summed E-state index contributed by atoms with van der Waals surface area (Å²) in [4.78, 5) is 19.6. The van der Waals surface area contributed by atoms with Crippen molar-refractivity contribution in [2.24, 2.45) is 0 Å². The number of hydrogen-bond donors (Lipinski definition) is 2. The summed E-state index contributed by atoms with van der Waals surface area (Å²) in [6.45, 7) is 5.94. The Labute approximate surface area is 117 Å². The number of carbonyl (C=O) groups excluding carboxylic acids is 1. The zero-order valence-electron chi connectivity index (χ0n) is 10.9. The number of rotatable bonds is 2. The number of aromatic nitrogens is 1. The molecule has 6 heteroatoms. The molecule has 2 aliphatic rings. The van der Waals surface area contributed by atoms with Gasteiger partial charge in [-0.2, -0.15) is 0 Å². The first-order valence-electron chi connectivity index (χ1n) is 6.82. The number of H-pyrrole nitrogens is 1. The minimum absolute atomic E-state index is 0.0598. The number of nitrogens with one attached hydrogen (secondary N) is 2. The third-order valence-electron chi connectivity index (χ3n) is 4.00. The lowest BCUT2D eigenvalue weighted by Gasteiger charge is -2.32. The number of carbonyl (C=O) groups is 1. The van der Waals surface area contributed by atoms with Gasteiger partial charge in [-0.25, -0.2) is 0 Å². The molecule has 2 saturated heterocycles. The van der Waals surface area contributed by atoms with Crippen LogP contribution in [0.5, 0.6) is 0 Å². The van der Waals surface area contributed by atoms with Crippen molar-refractivity contribution in [3.8, 4) is 0 Å². The number of hydrogen-bond acceptors (Lipinski definition) is 3. The second-order valence-electron chi connectivity index (χ2n) is 5.21. The van der Waals surface area contributed by atoms with Gasteiger partial charge in [0, 0.05) is 51.5 Å². The van der Waals surface area contributed by atoms with Crippen LogP contribution in [0.4, 0.5) is 0 Å². The predicted octanol–water partition coefficient (Wildman–Crippen LogP) is 0.788. The van der Waals surface area contributed by atoms with E-state index in [4.69, 9.17) is 11.6 Å². The lowest BCUT2D eigenvalue weighted by molar-refractivity contribution is 0.0768. The Balaban J connectivity index is 1.60. The van der Waals surface area contributed by atoms with Crippen LogP contribution in [0.2, 0.25) is 5.02 Å². The van der Waals surface area contributed by atoms with Gasteiger partial charge in [-0.05, 0) is 12.5 Å². The fourth-order valence-electron chi connectivity index (χ4n) is 2.93. The Hall–Kier alpha value is -1.04. The molecule has 0 radical (unpaired) electrons. The summed E-state index contributed by atoms with van der Waals surface area (Å²) < 4.78 is 0. The molecule has 0 saturated carbocycles. The van der Waals surface area contributed by atoms with Gasteiger partial charge in [-0.1, -0.05) is 11.6 Å². The largest absolute Gasteiger partial charge is 0.356 e. The highest BCUT2D eigenvalue weighted by atomic mass is 35.5. The lowest BCUT2D eigenvalue weighted by Crippen LogP contribution is -2.49. The maximum absolute atomic E-state index is 12.3. The Morgan fingerprint density at radius 3 is 2.79 bits per heavy atom. The predicted molar refractivity (Wildman–Crippen MR) is 74.6 cm³/mol. The van der Waals surface area contributed by atoms with Crippen molar-refractivity contribution in [3.63, 3.8) is 0 Å². The van der Waals surface area contributed by atoms with Crippen LogP contribution in [-0.4, -0.2) is 66.0 Å². The van der Waals surface area contributed by atoms with Crippen molar-refractivity contribution < 1.29 is 4.79 Å². The summed E-state index contributed by atoms with van der Waals surface area (Å²) >= 11 is 5.84. The molecule has 0 aromatic carbocycles. The summed E-state index contributed by atoms with van der Waals surface area (Å²) in [5.74, 6) is 0.0598. The third kappa shape index (κ3) is 2.78. The van der Waals surface area contributed by atoms with E-state index in [0.717, 1.165) is 45.7 Å². The van der Waals surface area contributed by atoms with Gasteiger partial charge >= 0.3 is 0 Å². The van der Waals surface area contributed by atoms with Crippen LogP contribution in [-0.2, 0) is 0 Å². The molecule has 0 spiro atoms. The summed E-state index contributed by atoms with van der Waals surface area (Å²) in [7, 11) is 0. The first kappa shape index (κ1) is 13.0. The molecule has 3 rings (SSSR count). The highest BCUT2D eigenvalue weighted by Gasteiger charge is 2.31. The van der Waals surface area contributed by atoms with Crippen molar-refractivity contribution in [2.45, 2.75) is 12.5 Å². The zero-order chi connectivity index (χ0) is 13.2. The molecular weight excluding hydrogens is 264 g/mol. The van der Waals surface area contributed by atoms with E-state index in [1.807, 2.05) is 4.90 Å². The number of halogens is 1. The molecule has 19 heavy (non-hydrogen) atoms. The third-order valence-corrected chi connectivity index (χ3v) is 4.21. The normalized spacial score (nSPS) is 24.9. The van der Waals surface area contributed by atoms with Gasteiger partial charge in [-0.3, -0.25) is 9.69 Å². The van der Waals surface area contributed by atoms with Gasteiger partial charge in [-0.15, -0.1) is 0 Å². The highest BCUT2D eigenvalue weighted by Crippen LogP contribution is 2.19. The van der Waals surface area contributed by atoms with Crippen molar-refractivity contribution in [1.29, 1.82) is 0 Å². The molecule has 0 aliphatic carbocycles. The lowest BCUT2D eigenvalue weighted by atomic mass is 10.2. The van der Waals surface area contributed by atoms with Crippen LogP contribution in [0.3, 0.4) is 0 Å². The van der Waals surface area contributed by atoms with Crippen LogP contribution < -0.4 is 5.32 Å². The van der Waals surface area contributed by atoms with E-state index >= 15 is 0 Å². The maximum atomic E-state index is 12.3. The molecule has 5 nitrogen and oxygen atoms in total. The summed E-state index contributed by atoms with van der Waals surface area (Å²) in [6, 6.07) is 2.21. The average molecular weight is 283 g/mol. The number of aromatic amines is 1. The molecular formula is C13H19ClN4O. The van der Waals surface area contributed by atoms with Crippen molar-refractivity contribution in [3.05, 3.63) is 23.0 Å². The SMILES string of the molecule is O=C(c1cc(Cl)c[nH]1)N1CCC(N2CCNCC2)C1. The van der Waals surface area contributed by atoms with Gasteiger partial charge in [0.05, 0.1) is 5.02 Å². The van der Waals surface area contributed by atoms with Crippen molar-refractivity contribution >= 4 is 17.5 Å². The van der Waals surface area contributed by atoms with Crippen LogP contribution in [0.25, 0.3) is 0 Å². The first-order valence-corrected chi connectivity index (χ1v) is 7.20. The number of amides is 1. The average Bonchev–Trinajstić information content (AvgIpc) is 3.08. The smallest absolute Gasteiger partial charge is 0.270 e. The topological polar surface area (TPSA) is 51.4 Å². The van der Waals surface area contributed by atoms with E-state index in [1.54, 1.807) is 12.3 Å². The molecule has 1 aromatic heterocycles. The van der Waals surface area contributed by atoms with Crippen LogP contribution >= 0.6 is 11.6 Å². The molecule has 0 bridgehead atoms. The highest BCUT2D eigenvalue weighted by molar-refractivity contribution is 6.30. The minimum atomic E-state index is 0.0598. The number of nitrogens with zero attached hydrogens (tertiary/aromatic N) is 2. The molecule has 1 atom stereocenters. The standard InChI is InChI=1S/C13H19ClN4O/c14-10-7-12(16-8-10)13(19)18-4-1-11(9-18)17-5-2-15-3-6-17/h7-8,11,15-16H,1-6,9H2. The van der Waals surface area contributed by atoms with Crippen molar-refractivity contribution in [1.82, 2.24) is 20.1 Å². The molecule has 1 amide bonds. The fourth-order valence-corrected chi connectivity index (χ4v) is 3.10. The minimum Gasteiger partial charge on any atom is -0.356 e. The number of likely N-dealkylation sites (tertiary alicyclic amines) is 1. The molecule has 2 aliphatic heterocycles. The number of piperazine rings is 1. The molecule has 1 aromatic rings. The quantitative estimate of drug-likeness (QED) is 0.843. The van der Waals surface area contributed by atoms with Crippen molar-refractivity contribution in [2.75, 3.05) is 39.3 Å². The summed E-state index contributed by atoms with van der Waals surface area (Å²) in [5, 5.41) is 3.94. The van der Waals surface area contributed by atoms with Gasteiger partial charge < -0.3 is 15.2 Å². The maximum Gasteiger partial charge on any atom is 0.270 e. The molecule has 2 N–H and O–H groups in total. The van der Waals surface area contributed by atoms with Gasteiger partial charge in [0.1, 0.15) is 5.69 Å². The van der Waals surface area contributed by atoms with E-state index in [2.05, 4.69) is 15.2 Å². The van der Waals surface area contributed by atoms with Gasteiger partial charge in [0.2, 0.25) is 0 Å². The second-order valence-corrected chi connectivity index (χ2v) is 5.65. The zero-order valence-corrected chi connectivity index (χ0v) is 11.6. The Morgan fingerprint density at radius 1 is 1.32 bits per heavy atom. The molecule has 3 heterocycles. The van der Waals surface area contributed by atoms with E-state index in [9.17, 15) is 4.79 Å². The van der Waals surface area contributed by atoms with Gasteiger partial charge in [0.25, 0.3) is 5.91 Å². The second kappa shape index (κ2) is 5.53. The van der Waals surface area contributed by atoms with Crippen LogP contribution in [0, 0.1) is 0 Å². The molecule has 2 fully saturated rings. The van der Waals surface area contributed by atoms with Crippen LogP contribution in [0.1, 0.15) is 16.9 Å². The Morgan fingerprint density at radius 2 is 2.11 bits per heavy atom. The Kier molecular flexibility index (Phi) is 3.77. The fraction of sp³-hybridized carbons (Fsp3) is 0.615. The van der Waals surface area contributed by atoms with E-state index in [1.165, 1.54) is 0 Å². The van der Waals surface area contributed by atoms with Gasteiger partial charge in [0.15, 0.2) is 0 Å². The molecule has 104 valence electrons. The monoisotopic (exact) mass is 282 g/mol. The van der Waals surface area contributed by atoms with E-state index in [0.29, 0.717) is 16.8 Å². The van der Waals surface area contributed by atoms with Crippen LogP contribution in [0.15, 0.2) is 12.3 Å².